The lowest BCUT2D eigenvalue weighted by Gasteiger charge is -2.12. The first-order chi connectivity index (χ1) is 15.9. The van der Waals surface area contributed by atoms with Gasteiger partial charge < -0.3 is 18.5 Å². The van der Waals surface area contributed by atoms with E-state index in [1.807, 2.05) is 74.0 Å². The number of nitrogens with zero attached hydrogens (tertiary/aromatic N) is 1. The molecule has 0 aliphatic rings. The van der Waals surface area contributed by atoms with Crippen molar-refractivity contribution >= 4 is 38.4 Å². The minimum atomic E-state index is -0.445. The number of methoxy groups -OCH3 is 1. The number of aromatic nitrogens is 1. The van der Waals surface area contributed by atoms with E-state index in [2.05, 4.69) is 0 Å². The molecule has 0 amide bonds. The molecule has 0 fully saturated rings. The average Bonchev–Trinajstić information content (AvgIpc) is 3.09. The summed E-state index contributed by atoms with van der Waals surface area (Å²) < 4.78 is 18.8. The molecule has 0 saturated carbocycles. The van der Waals surface area contributed by atoms with E-state index in [0.29, 0.717) is 33.6 Å². The SMILES string of the molecule is COc1ccc2c(c1)c(=O)oc1c(C)c(OCC(=O)c3c(C)n(C)c4ccccc34)ccc12. The largest absolute Gasteiger partial charge is 0.497 e. The van der Waals surface area contributed by atoms with Crippen molar-refractivity contribution in [2.75, 3.05) is 13.7 Å². The fourth-order valence-electron chi connectivity index (χ4n) is 4.46. The number of ketones is 1. The summed E-state index contributed by atoms with van der Waals surface area (Å²) >= 11 is 0. The van der Waals surface area contributed by atoms with Gasteiger partial charge in [0.25, 0.3) is 0 Å². The summed E-state index contributed by atoms with van der Waals surface area (Å²) in [5.41, 5.74) is 3.24. The van der Waals surface area contributed by atoms with Crippen LogP contribution in [0, 0.1) is 13.8 Å². The van der Waals surface area contributed by atoms with Crippen molar-refractivity contribution in [3.05, 3.63) is 81.8 Å². The fourth-order valence-corrected chi connectivity index (χ4v) is 4.46. The molecule has 6 nitrogen and oxygen atoms in total. The standard InChI is InChI=1S/C27H23NO5/c1-15-24(32-14-23(29)25-16(2)28(3)22-8-6-5-7-20(22)25)12-11-19-18-10-9-17(31-4)13-21(18)27(30)33-26(15)19/h5-13H,14H2,1-4H3. The number of hydrogen-bond donors (Lipinski definition) is 0. The van der Waals surface area contributed by atoms with Gasteiger partial charge in [-0.25, -0.2) is 4.79 Å². The highest BCUT2D eigenvalue weighted by Crippen LogP contribution is 2.32. The molecule has 0 N–H and O–H groups in total. The summed E-state index contributed by atoms with van der Waals surface area (Å²) in [5, 5.41) is 2.94. The second-order valence-corrected chi connectivity index (χ2v) is 8.11. The third kappa shape index (κ3) is 3.26. The third-order valence-electron chi connectivity index (χ3n) is 6.33. The predicted molar refractivity (Wildman–Crippen MR) is 129 cm³/mol. The summed E-state index contributed by atoms with van der Waals surface area (Å²) in [4.78, 5) is 25.7. The van der Waals surface area contributed by atoms with Crippen molar-refractivity contribution < 1.29 is 18.7 Å². The molecule has 0 atom stereocenters. The van der Waals surface area contributed by atoms with Crippen LogP contribution in [0.4, 0.5) is 0 Å². The van der Waals surface area contributed by atoms with Gasteiger partial charge in [0.15, 0.2) is 6.61 Å². The summed E-state index contributed by atoms with van der Waals surface area (Å²) in [7, 11) is 3.50. The first kappa shape index (κ1) is 20.8. The van der Waals surface area contributed by atoms with Gasteiger partial charge in [-0.1, -0.05) is 18.2 Å². The van der Waals surface area contributed by atoms with Crippen LogP contribution in [-0.2, 0) is 7.05 Å². The van der Waals surface area contributed by atoms with Gasteiger partial charge in [0.2, 0.25) is 5.78 Å². The molecule has 5 aromatic rings. The first-order valence-electron chi connectivity index (χ1n) is 10.6. The number of para-hydroxylation sites is 1. The predicted octanol–water partition coefficient (Wildman–Crippen LogP) is 5.33. The number of aryl methyl sites for hydroxylation is 2. The van der Waals surface area contributed by atoms with Crippen LogP contribution in [0.1, 0.15) is 21.6 Å². The molecule has 33 heavy (non-hydrogen) atoms. The van der Waals surface area contributed by atoms with E-state index in [1.54, 1.807) is 13.2 Å². The Hall–Kier alpha value is -4.06. The lowest BCUT2D eigenvalue weighted by molar-refractivity contribution is 0.0922. The van der Waals surface area contributed by atoms with Crippen LogP contribution in [0.3, 0.4) is 0 Å². The highest BCUT2D eigenvalue weighted by molar-refractivity contribution is 6.10. The third-order valence-corrected chi connectivity index (χ3v) is 6.33. The number of fused-ring (bicyclic) bond motifs is 4. The maximum absolute atomic E-state index is 13.1. The minimum Gasteiger partial charge on any atom is -0.497 e. The summed E-state index contributed by atoms with van der Waals surface area (Å²) in [6.45, 7) is 3.64. The Kier molecular flexibility index (Phi) is 4.93. The molecule has 0 spiro atoms. The van der Waals surface area contributed by atoms with Gasteiger partial charge in [0.05, 0.1) is 12.5 Å². The highest BCUT2D eigenvalue weighted by atomic mass is 16.5. The Morgan fingerprint density at radius 2 is 1.73 bits per heavy atom. The molecular formula is C27H23NO5. The smallest absolute Gasteiger partial charge is 0.344 e. The van der Waals surface area contributed by atoms with Crippen LogP contribution in [0.2, 0.25) is 0 Å². The van der Waals surface area contributed by atoms with Gasteiger partial charge in [-0.15, -0.1) is 0 Å². The van der Waals surface area contributed by atoms with Crippen molar-refractivity contribution in [3.8, 4) is 11.5 Å². The number of rotatable bonds is 5. The van der Waals surface area contributed by atoms with E-state index in [0.717, 1.165) is 27.4 Å². The Labute approximate surface area is 189 Å². The van der Waals surface area contributed by atoms with E-state index in [-0.39, 0.29) is 12.4 Å². The number of ether oxygens (including phenoxy) is 2. The van der Waals surface area contributed by atoms with E-state index in [4.69, 9.17) is 13.9 Å². The average molecular weight is 441 g/mol. The molecule has 5 rings (SSSR count). The zero-order valence-corrected chi connectivity index (χ0v) is 18.9. The van der Waals surface area contributed by atoms with Gasteiger partial charge in [0.1, 0.15) is 17.1 Å². The Morgan fingerprint density at radius 3 is 2.52 bits per heavy atom. The van der Waals surface area contributed by atoms with Crippen molar-refractivity contribution in [1.82, 2.24) is 4.57 Å². The van der Waals surface area contributed by atoms with Gasteiger partial charge in [0, 0.05) is 45.5 Å². The molecular weight excluding hydrogens is 418 g/mol. The molecule has 0 aliphatic carbocycles. The summed E-state index contributed by atoms with van der Waals surface area (Å²) in [6.07, 6.45) is 0. The zero-order chi connectivity index (χ0) is 23.3. The lowest BCUT2D eigenvalue weighted by Crippen LogP contribution is -2.13. The molecule has 166 valence electrons. The van der Waals surface area contributed by atoms with Crippen molar-refractivity contribution in [1.29, 1.82) is 0 Å². The first-order valence-corrected chi connectivity index (χ1v) is 10.6. The van der Waals surface area contributed by atoms with Crippen molar-refractivity contribution in [3.63, 3.8) is 0 Å². The number of hydrogen-bond acceptors (Lipinski definition) is 5. The van der Waals surface area contributed by atoms with Crippen molar-refractivity contribution in [2.24, 2.45) is 7.05 Å². The molecule has 0 aliphatic heterocycles. The Bertz CT molecular complexity index is 1620. The Morgan fingerprint density at radius 1 is 0.970 bits per heavy atom. The maximum Gasteiger partial charge on any atom is 0.344 e. The fraction of sp³-hybridized carbons (Fsp3) is 0.185. The second kappa shape index (κ2) is 7.81. The van der Waals surface area contributed by atoms with Crippen LogP contribution < -0.4 is 15.1 Å². The van der Waals surface area contributed by atoms with Gasteiger partial charge in [-0.05, 0) is 50.2 Å². The molecule has 0 radical (unpaired) electrons. The zero-order valence-electron chi connectivity index (χ0n) is 18.9. The molecule has 3 aromatic carbocycles. The normalized spacial score (nSPS) is 11.4. The van der Waals surface area contributed by atoms with Crippen LogP contribution in [0.25, 0.3) is 32.6 Å². The molecule has 2 heterocycles. The number of benzene rings is 3. The topological polar surface area (TPSA) is 70.7 Å². The van der Waals surface area contributed by atoms with Gasteiger partial charge >= 0.3 is 5.63 Å². The molecule has 2 aromatic heterocycles. The second-order valence-electron chi connectivity index (χ2n) is 8.11. The molecule has 0 saturated heterocycles. The lowest BCUT2D eigenvalue weighted by atomic mass is 10.0. The molecule has 0 unspecified atom stereocenters. The number of Topliss-reactive ketones (excluding diaryl/α,β-unsaturated/α-hetero) is 1. The quantitative estimate of drug-likeness (QED) is 0.210. The van der Waals surface area contributed by atoms with Crippen molar-refractivity contribution in [2.45, 2.75) is 13.8 Å². The maximum atomic E-state index is 13.1. The van der Waals surface area contributed by atoms with Gasteiger partial charge in [-0.3, -0.25) is 4.79 Å². The highest BCUT2D eigenvalue weighted by Gasteiger charge is 2.20. The number of carbonyl (C=O) groups excluding carboxylic acids is 1. The molecule has 0 bridgehead atoms. The van der Waals surface area contributed by atoms with Crippen LogP contribution in [0.5, 0.6) is 11.5 Å². The molecule has 6 heteroatoms. The van der Waals surface area contributed by atoms with E-state index < -0.39 is 5.63 Å². The minimum absolute atomic E-state index is 0.101. The Balaban J connectivity index is 1.51. The summed E-state index contributed by atoms with van der Waals surface area (Å²) in [6, 6.07) is 16.8. The van der Waals surface area contributed by atoms with Crippen LogP contribution in [-0.4, -0.2) is 24.1 Å². The van der Waals surface area contributed by atoms with Gasteiger partial charge in [-0.2, -0.15) is 0 Å². The van der Waals surface area contributed by atoms with Crippen LogP contribution in [0.15, 0.2) is 63.8 Å². The number of carbonyl (C=O) groups is 1. The van der Waals surface area contributed by atoms with Crippen LogP contribution >= 0.6 is 0 Å². The van der Waals surface area contributed by atoms with E-state index >= 15 is 0 Å². The summed E-state index contributed by atoms with van der Waals surface area (Å²) in [5.74, 6) is 0.994. The van der Waals surface area contributed by atoms with E-state index in [1.165, 1.54) is 0 Å². The monoisotopic (exact) mass is 441 g/mol. The van der Waals surface area contributed by atoms with E-state index in [9.17, 15) is 9.59 Å².